The van der Waals surface area contributed by atoms with Gasteiger partial charge in [0, 0.05) is 23.4 Å². The Morgan fingerprint density at radius 1 is 1.60 bits per heavy atom. The number of nitrogen functional groups attached to an aromatic ring is 1. The highest BCUT2D eigenvalue weighted by atomic mass is 16.5. The lowest BCUT2D eigenvalue weighted by Crippen LogP contribution is -1.96. The molecule has 1 aromatic rings. The molecule has 0 saturated heterocycles. The van der Waals surface area contributed by atoms with Gasteiger partial charge in [-0.3, -0.25) is 0 Å². The molecule has 1 rings (SSSR count). The molecule has 0 bridgehead atoms. The lowest BCUT2D eigenvalue weighted by Gasteiger charge is -2.07. The summed E-state index contributed by atoms with van der Waals surface area (Å²) < 4.78 is 5.33. The van der Waals surface area contributed by atoms with E-state index in [0.29, 0.717) is 23.6 Å². The smallest absolute Gasteiger partial charge is 0.328 e. The number of rotatable bonds is 4. The minimum Gasteiger partial charge on any atom is -0.493 e. The molecule has 15 heavy (non-hydrogen) atoms. The van der Waals surface area contributed by atoms with Crippen molar-refractivity contribution < 1.29 is 14.6 Å². The molecule has 0 aromatic heterocycles. The first-order valence-electron chi connectivity index (χ1n) is 4.57. The van der Waals surface area contributed by atoms with Crippen LogP contribution in [-0.2, 0) is 4.79 Å². The van der Waals surface area contributed by atoms with Gasteiger partial charge in [0.15, 0.2) is 0 Å². The summed E-state index contributed by atoms with van der Waals surface area (Å²) in [6.07, 6.45) is 2.54. The Morgan fingerprint density at radius 2 is 2.33 bits per heavy atom. The summed E-state index contributed by atoms with van der Waals surface area (Å²) >= 11 is 0. The van der Waals surface area contributed by atoms with Gasteiger partial charge in [-0.2, -0.15) is 0 Å². The van der Waals surface area contributed by atoms with Crippen LogP contribution in [-0.4, -0.2) is 17.7 Å². The number of anilines is 1. The number of carboxylic acid groups (broad SMARTS) is 1. The third-order valence-electron chi connectivity index (χ3n) is 1.74. The molecule has 0 saturated carbocycles. The first-order valence-corrected chi connectivity index (χ1v) is 4.57. The van der Waals surface area contributed by atoms with Gasteiger partial charge in [0.2, 0.25) is 0 Å². The molecule has 4 nitrogen and oxygen atoms in total. The monoisotopic (exact) mass is 207 g/mol. The van der Waals surface area contributed by atoms with E-state index < -0.39 is 5.97 Å². The Labute approximate surface area is 88.0 Å². The largest absolute Gasteiger partial charge is 0.493 e. The quantitative estimate of drug-likeness (QED) is 0.583. The molecule has 0 unspecified atom stereocenters. The Morgan fingerprint density at radius 3 is 2.93 bits per heavy atom. The van der Waals surface area contributed by atoms with E-state index in [4.69, 9.17) is 15.6 Å². The van der Waals surface area contributed by atoms with Gasteiger partial charge in [-0.1, -0.05) is 0 Å². The minimum atomic E-state index is -0.991. The van der Waals surface area contributed by atoms with Crippen molar-refractivity contribution in [2.24, 2.45) is 0 Å². The van der Waals surface area contributed by atoms with Gasteiger partial charge in [0.25, 0.3) is 0 Å². The van der Waals surface area contributed by atoms with Crippen molar-refractivity contribution in [3.63, 3.8) is 0 Å². The van der Waals surface area contributed by atoms with Gasteiger partial charge in [-0.05, 0) is 25.1 Å². The summed E-state index contributed by atoms with van der Waals surface area (Å²) in [5.74, 6) is -0.399. The van der Waals surface area contributed by atoms with Crippen LogP contribution in [0.4, 0.5) is 5.69 Å². The minimum absolute atomic E-state index is 0.511. The van der Waals surface area contributed by atoms with Crippen LogP contribution in [0.3, 0.4) is 0 Å². The maximum atomic E-state index is 10.4. The van der Waals surface area contributed by atoms with Crippen LogP contribution >= 0.6 is 0 Å². The van der Waals surface area contributed by atoms with Crippen LogP contribution in [0.1, 0.15) is 12.5 Å². The van der Waals surface area contributed by atoms with Gasteiger partial charge in [0.05, 0.1) is 6.61 Å². The Hall–Kier alpha value is -1.97. The molecule has 1 aromatic carbocycles. The van der Waals surface area contributed by atoms with E-state index in [0.717, 1.165) is 6.08 Å². The Balaban J connectivity index is 3.00. The molecule has 0 spiro atoms. The predicted molar refractivity (Wildman–Crippen MR) is 58.7 cm³/mol. The van der Waals surface area contributed by atoms with Crippen LogP contribution in [0.5, 0.6) is 5.75 Å². The number of carboxylic acids is 1. The van der Waals surface area contributed by atoms with Gasteiger partial charge < -0.3 is 15.6 Å². The van der Waals surface area contributed by atoms with E-state index >= 15 is 0 Å². The predicted octanol–water partition coefficient (Wildman–Crippen LogP) is 1.77. The fourth-order valence-corrected chi connectivity index (χ4v) is 1.13. The summed E-state index contributed by atoms with van der Waals surface area (Å²) in [4.78, 5) is 10.4. The summed E-state index contributed by atoms with van der Waals surface area (Å²) in [6.45, 7) is 2.37. The highest BCUT2D eigenvalue weighted by Crippen LogP contribution is 2.23. The number of carbonyl (C=O) groups is 1. The number of aliphatic carboxylic acids is 1. The van der Waals surface area contributed by atoms with Crippen molar-refractivity contribution in [1.82, 2.24) is 0 Å². The molecule has 3 N–H and O–H groups in total. The van der Waals surface area contributed by atoms with Crippen LogP contribution < -0.4 is 10.5 Å². The molecule has 80 valence electrons. The molecule has 0 aliphatic rings. The zero-order valence-electron chi connectivity index (χ0n) is 8.43. The fourth-order valence-electron chi connectivity index (χ4n) is 1.13. The zero-order valence-corrected chi connectivity index (χ0v) is 8.43. The van der Waals surface area contributed by atoms with E-state index in [1.54, 1.807) is 18.2 Å². The normalized spacial score (nSPS) is 10.5. The van der Waals surface area contributed by atoms with E-state index in [2.05, 4.69) is 0 Å². The highest BCUT2D eigenvalue weighted by Gasteiger charge is 2.01. The van der Waals surface area contributed by atoms with Crippen LogP contribution in [0.15, 0.2) is 24.3 Å². The average molecular weight is 207 g/mol. The number of ether oxygens (including phenoxy) is 1. The standard InChI is InChI=1S/C11H13NO3/c1-2-15-10-7-9(12)5-3-8(10)4-6-11(13)14/h3-7H,2,12H2,1H3,(H,13,14)/b6-4+. The number of hydrogen-bond acceptors (Lipinski definition) is 3. The second kappa shape index (κ2) is 5.05. The summed E-state index contributed by atoms with van der Waals surface area (Å²) in [7, 11) is 0. The Kier molecular flexibility index (Phi) is 3.74. The van der Waals surface area contributed by atoms with Gasteiger partial charge >= 0.3 is 5.97 Å². The first kappa shape index (κ1) is 11.1. The molecule has 0 radical (unpaired) electrons. The Bertz CT molecular complexity index is 385. The van der Waals surface area contributed by atoms with Crippen LogP contribution in [0, 0.1) is 0 Å². The van der Waals surface area contributed by atoms with Gasteiger partial charge in [-0.25, -0.2) is 4.79 Å². The van der Waals surface area contributed by atoms with Crippen molar-refractivity contribution in [1.29, 1.82) is 0 Å². The van der Waals surface area contributed by atoms with Crippen molar-refractivity contribution in [3.8, 4) is 5.75 Å². The molecule has 0 aliphatic heterocycles. The van der Waals surface area contributed by atoms with E-state index in [9.17, 15) is 4.79 Å². The second-order valence-corrected chi connectivity index (χ2v) is 2.90. The number of hydrogen-bond donors (Lipinski definition) is 2. The van der Waals surface area contributed by atoms with Crippen molar-refractivity contribution >= 4 is 17.7 Å². The van der Waals surface area contributed by atoms with E-state index in [-0.39, 0.29) is 0 Å². The molecular weight excluding hydrogens is 194 g/mol. The highest BCUT2D eigenvalue weighted by molar-refractivity contribution is 5.86. The van der Waals surface area contributed by atoms with Crippen molar-refractivity contribution in [2.45, 2.75) is 6.92 Å². The third kappa shape index (κ3) is 3.34. The topological polar surface area (TPSA) is 72.5 Å². The van der Waals surface area contributed by atoms with E-state index in [1.165, 1.54) is 6.08 Å². The lowest BCUT2D eigenvalue weighted by molar-refractivity contribution is -0.131. The number of benzene rings is 1. The molecular formula is C11H13NO3. The molecule has 0 amide bonds. The molecule has 0 fully saturated rings. The van der Waals surface area contributed by atoms with Crippen molar-refractivity contribution in [3.05, 3.63) is 29.8 Å². The van der Waals surface area contributed by atoms with Crippen molar-refractivity contribution in [2.75, 3.05) is 12.3 Å². The van der Waals surface area contributed by atoms with Crippen LogP contribution in [0.25, 0.3) is 6.08 Å². The third-order valence-corrected chi connectivity index (χ3v) is 1.74. The molecule has 0 atom stereocenters. The SMILES string of the molecule is CCOc1cc(N)ccc1/C=C/C(=O)O. The van der Waals surface area contributed by atoms with Gasteiger partial charge in [0.1, 0.15) is 5.75 Å². The van der Waals surface area contributed by atoms with E-state index in [1.807, 2.05) is 6.92 Å². The molecule has 0 heterocycles. The summed E-state index contributed by atoms with van der Waals surface area (Å²) in [5.41, 5.74) is 6.88. The second-order valence-electron chi connectivity index (χ2n) is 2.90. The lowest BCUT2D eigenvalue weighted by atomic mass is 10.1. The first-order chi connectivity index (χ1) is 7.13. The maximum Gasteiger partial charge on any atom is 0.328 e. The molecule has 0 aliphatic carbocycles. The van der Waals surface area contributed by atoms with Gasteiger partial charge in [-0.15, -0.1) is 0 Å². The number of nitrogens with two attached hydrogens (primary N) is 1. The molecule has 4 heteroatoms. The summed E-state index contributed by atoms with van der Waals surface area (Å²) in [5, 5.41) is 8.50. The summed E-state index contributed by atoms with van der Waals surface area (Å²) in [6, 6.07) is 5.09. The zero-order chi connectivity index (χ0) is 11.3. The van der Waals surface area contributed by atoms with Crippen LogP contribution in [0.2, 0.25) is 0 Å². The average Bonchev–Trinajstić information content (AvgIpc) is 2.17. The fraction of sp³-hybridized carbons (Fsp3) is 0.182. The maximum absolute atomic E-state index is 10.4.